The van der Waals surface area contributed by atoms with Gasteiger partial charge in [-0.05, 0) is 30.7 Å². The number of hydrogen-bond acceptors (Lipinski definition) is 5. The van der Waals surface area contributed by atoms with Crippen LogP contribution in [0.15, 0.2) is 63.1 Å². The maximum atomic E-state index is 12.4. The van der Waals surface area contributed by atoms with E-state index in [9.17, 15) is 9.59 Å². The number of benzene rings is 1. The Kier molecular flexibility index (Phi) is 6.36. The number of halogens is 1. The quantitative estimate of drug-likeness (QED) is 0.483. The second-order valence-corrected chi connectivity index (χ2v) is 7.19. The summed E-state index contributed by atoms with van der Waals surface area (Å²) in [6, 6.07) is 12.4. The summed E-state index contributed by atoms with van der Waals surface area (Å²) in [6.07, 6.45) is 1.54. The number of amides is 1. The minimum Gasteiger partial charge on any atom is -0.467 e. The van der Waals surface area contributed by atoms with E-state index in [1.165, 1.54) is 22.4 Å². The predicted octanol–water partition coefficient (Wildman–Crippen LogP) is 3.41. The van der Waals surface area contributed by atoms with E-state index in [1.807, 2.05) is 24.3 Å². The van der Waals surface area contributed by atoms with E-state index in [4.69, 9.17) is 16.0 Å². The van der Waals surface area contributed by atoms with Gasteiger partial charge in [0.15, 0.2) is 5.16 Å². The summed E-state index contributed by atoms with van der Waals surface area (Å²) < 4.78 is 6.55. The normalized spacial score (nSPS) is 10.7. The number of rotatable bonds is 7. The summed E-state index contributed by atoms with van der Waals surface area (Å²) in [4.78, 5) is 29.1. The monoisotopic (exact) mass is 403 g/mol. The summed E-state index contributed by atoms with van der Waals surface area (Å²) in [6.45, 7) is 1.90. The molecule has 0 radical (unpaired) electrons. The largest absolute Gasteiger partial charge is 0.467 e. The zero-order valence-electron chi connectivity index (χ0n) is 14.6. The fourth-order valence-electron chi connectivity index (χ4n) is 2.41. The average Bonchev–Trinajstić information content (AvgIpc) is 3.15. The Morgan fingerprint density at radius 1 is 1.30 bits per heavy atom. The smallest absolute Gasteiger partial charge is 0.254 e. The van der Waals surface area contributed by atoms with Crippen molar-refractivity contribution in [1.82, 2.24) is 14.9 Å². The minimum atomic E-state index is -0.293. The highest BCUT2D eigenvalue weighted by Crippen LogP contribution is 2.25. The molecule has 2 heterocycles. The highest BCUT2D eigenvalue weighted by molar-refractivity contribution is 7.98. The maximum absolute atomic E-state index is 12.4. The van der Waals surface area contributed by atoms with Gasteiger partial charge in [-0.15, -0.1) is 0 Å². The number of furan rings is 1. The Morgan fingerprint density at radius 3 is 2.85 bits per heavy atom. The molecule has 0 saturated heterocycles. The zero-order chi connectivity index (χ0) is 19.2. The van der Waals surface area contributed by atoms with Crippen molar-refractivity contribution in [2.24, 2.45) is 0 Å². The second kappa shape index (κ2) is 8.92. The summed E-state index contributed by atoms with van der Waals surface area (Å²) in [5, 5.41) is 3.87. The highest BCUT2D eigenvalue weighted by atomic mass is 35.5. The van der Waals surface area contributed by atoms with E-state index >= 15 is 0 Å². The van der Waals surface area contributed by atoms with Gasteiger partial charge in [0, 0.05) is 22.5 Å². The first-order valence-electron chi connectivity index (χ1n) is 8.26. The average molecular weight is 404 g/mol. The standard InChI is InChI=1S/C19H18ClN3O3S/c1-13-9-18(25)23(11-17(24)21-10-15-6-4-8-26-15)19(22-13)27-12-14-5-2-3-7-16(14)20/h2-9H,10-12H2,1H3,(H,21,24). The Balaban J connectivity index is 1.73. The third-order valence-electron chi connectivity index (χ3n) is 3.76. The summed E-state index contributed by atoms with van der Waals surface area (Å²) >= 11 is 7.56. The topological polar surface area (TPSA) is 77.1 Å². The third kappa shape index (κ3) is 5.24. The Labute approximate surface area is 165 Å². The fourth-order valence-corrected chi connectivity index (χ4v) is 3.74. The van der Waals surface area contributed by atoms with Crippen molar-refractivity contribution in [2.75, 3.05) is 0 Å². The summed E-state index contributed by atoms with van der Waals surface area (Å²) in [5.74, 6) is 0.897. The van der Waals surface area contributed by atoms with Crippen LogP contribution in [0.4, 0.5) is 0 Å². The van der Waals surface area contributed by atoms with Crippen molar-refractivity contribution in [3.05, 3.63) is 81.1 Å². The number of nitrogens with zero attached hydrogens (tertiary/aromatic N) is 2. The molecule has 0 aliphatic heterocycles. The summed E-state index contributed by atoms with van der Waals surface area (Å²) in [5.41, 5.74) is 1.28. The molecule has 0 spiro atoms. The summed E-state index contributed by atoms with van der Waals surface area (Å²) in [7, 11) is 0. The molecule has 6 nitrogen and oxygen atoms in total. The Bertz CT molecular complexity index is 986. The van der Waals surface area contributed by atoms with E-state index in [2.05, 4.69) is 10.3 Å². The molecule has 27 heavy (non-hydrogen) atoms. The molecule has 0 saturated carbocycles. The number of hydrogen-bond donors (Lipinski definition) is 1. The molecule has 1 N–H and O–H groups in total. The number of carbonyl (C=O) groups excluding carboxylic acids is 1. The van der Waals surface area contributed by atoms with Gasteiger partial charge in [-0.2, -0.15) is 0 Å². The van der Waals surface area contributed by atoms with Crippen LogP contribution < -0.4 is 10.9 Å². The number of aromatic nitrogens is 2. The van der Waals surface area contributed by atoms with E-state index in [0.717, 1.165) is 5.56 Å². The van der Waals surface area contributed by atoms with Gasteiger partial charge in [0.05, 0.1) is 12.8 Å². The van der Waals surface area contributed by atoms with Crippen LogP contribution in [-0.2, 0) is 23.6 Å². The van der Waals surface area contributed by atoms with Crippen LogP contribution in [0.2, 0.25) is 5.02 Å². The van der Waals surface area contributed by atoms with Gasteiger partial charge in [-0.3, -0.25) is 14.2 Å². The third-order valence-corrected chi connectivity index (χ3v) is 5.15. The van der Waals surface area contributed by atoms with Crippen LogP contribution >= 0.6 is 23.4 Å². The SMILES string of the molecule is Cc1cc(=O)n(CC(=O)NCc2ccco2)c(SCc2ccccc2Cl)n1. The zero-order valence-corrected chi connectivity index (χ0v) is 16.2. The van der Waals surface area contributed by atoms with E-state index < -0.39 is 0 Å². The first-order chi connectivity index (χ1) is 13.0. The van der Waals surface area contributed by atoms with Gasteiger partial charge >= 0.3 is 0 Å². The van der Waals surface area contributed by atoms with Crippen molar-refractivity contribution in [2.45, 2.75) is 30.9 Å². The number of aryl methyl sites for hydroxylation is 1. The molecule has 3 aromatic rings. The van der Waals surface area contributed by atoms with Crippen LogP contribution in [0.1, 0.15) is 17.0 Å². The van der Waals surface area contributed by atoms with E-state index in [1.54, 1.807) is 25.3 Å². The van der Waals surface area contributed by atoms with Crippen molar-refractivity contribution in [1.29, 1.82) is 0 Å². The van der Waals surface area contributed by atoms with Crippen LogP contribution in [-0.4, -0.2) is 15.5 Å². The second-order valence-electron chi connectivity index (χ2n) is 5.84. The minimum absolute atomic E-state index is 0.113. The van der Waals surface area contributed by atoms with Crippen molar-refractivity contribution >= 4 is 29.3 Å². The number of nitrogens with one attached hydrogen (secondary N) is 1. The van der Waals surface area contributed by atoms with E-state index in [-0.39, 0.29) is 24.6 Å². The lowest BCUT2D eigenvalue weighted by Crippen LogP contribution is -2.33. The molecule has 0 bridgehead atoms. The first kappa shape index (κ1) is 19.3. The van der Waals surface area contributed by atoms with Crippen LogP contribution in [0.3, 0.4) is 0 Å². The molecule has 0 unspecified atom stereocenters. The van der Waals surface area contributed by atoms with Gasteiger partial charge < -0.3 is 9.73 Å². The Morgan fingerprint density at radius 2 is 2.11 bits per heavy atom. The molecule has 1 aromatic carbocycles. The van der Waals surface area contributed by atoms with Crippen molar-refractivity contribution in [3.8, 4) is 0 Å². The molecular weight excluding hydrogens is 386 g/mol. The van der Waals surface area contributed by atoms with E-state index in [0.29, 0.717) is 27.4 Å². The van der Waals surface area contributed by atoms with Crippen LogP contribution in [0.25, 0.3) is 0 Å². The van der Waals surface area contributed by atoms with Crippen molar-refractivity contribution in [3.63, 3.8) is 0 Å². The van der Waals surface area contributed by atoms with Gasteiger partial charge in [0.2, 0.25) is 5.91 Å². The molecule has 0 atom stereocenters. The van der Waals surface area contributed by atoms with Gasteiger partial charge in [-0.1, -0.05) is 41.6 Å². The molecule has 0 fully saturated rings. The van der Waals surface area contributed by atoms with Gasteiger partial charge in [0.25, 0.3) is 5.56 Å². The molecule has 3 rings (SSSR count). The molecule has 1 amide bonds. The number of carbonyl (C=O) groups is 1. The van der Waals surface area contributed by atoms with Gasteiger partial charge in [-0.25, -0.2) is 4.98 Å². The molecule has 0 aliphatic carbocycles. The molecule has 140 valence electrons. The lowest BCUT2D eigenvalue weighted by Gasteiger charge is -2.12. The highest BCUT2D eigenvalue weighted by Gasteiger charge is 2.13. The number of thioether (sulfide) groups is 1. The first-order valence-corrected chi connectivity index (χ1v) is 9.63. The Hall–Kier alpha value is -2.51. The molecule has 8 heteroatoms. The van der Waals surface area contributed by atoms with Gasteiger partial charge in [0.1, 0.15) is 12.3 Å². The molecule has 0 aliphatic rings. The fraction of sp³-hybridized carbons (Fsp3) is 0.211. The lowest BCUT2D eigenvalue weighted by molar-refractivity contribution is -0.122. The lowest BCUT2D eigenvalue weighted by atomic mass is 10.2. The van der Waals surface area contributed by atoms with Crippen molar-refractivity contribution < 1.29 is 9.21 Å². The maximum Gasteiger partial charge on any atom is 0.254 e. The molecule has 2 aromatic heterocycles. The van der Waals surface area contributed by atoms with Crippen LogP contribution in [0.5, 0.6) is 0 Å². The molecular formula is C19H18ClN3O3S. The van der Waals surface area contributed by atoms with Crippen LogP contribution in [0, 0.1) is 6.92 Å². The predicted molar refractivity (Wildman–Crippen MR) is 105 cm³/mol.